The Bertz CT molecular complexity index is 1840. The van der Waals surface area contributed by atoms with Crippen molar-refractivity contribution in [2.45, 2.75) is 102 Å². The summed E-state index contributed by atoms with van der Waals surface area (Å²) in [6.45, 7) is 13.7. The number of fused-ring (bicyclic) bond motifs is 1. The van der Waals surface area contributed by atoms with Gasteiger partial charge in [0.15, 0.2) is 5.78 Å². The highest BCUT2D eigenvalue weighted by molar-refractivity contribution is 7.90. The zero-order valence-electron chi connectivity index (χ0n) is 31.2. The Labute approximate surface area is 315 Å². The molecule has 14 nitrogen and oxygen atoms in total. The van der Waals surface area contributed by atoms with Gasteiger partial charge in [0.1, 0.15) is 17.5 Å². The van der Waals surface area contributed by atoms with Gasteiger partial charge >= 0.3 is 12.1 Å². The summed E-state index contributed by atoms with van der Waals surface area (Å²) in [4.78, 5) is 85.4. The summed E-state index contributed by atoms with van der Waals surface area (Å²) in [5.74, 6) is -5.44. The standard InChI is InChI=1S/C38H49FN4O10S/c1-7-25-17-38(25,35(48)40-54(50,51)27-13-14-27)18-31(44)30-16-26(52-36(49)42-19-23-11-10-12-29(39)28(23)22-42)21-43(30)34(47)24(15-33(46)53-37(4,5)6)20-41(9-3)32(45)8-2/h7-8,10-12,24-27,30H,1-2,9,13-22H2,3-6H3,(H,40,48)/t24-,25+,26+,30?,38+/m0/s1. The average molecular weight is 773 g/mol. The molecule has 0 radical (unpaired) electrons. The van der Waals surface area contributed by atoms with Gasteiger partial charge in [0.05, 0.1) is 42.1 Å². The number of amides is 4. The molecule has 3 fully saturated rings. The lowest BCUT2D eigenvalue weighted by Crippen LogP contribution is -2.49. The number of Topliss-reactive ketones (excluding diaryl/α,β-unsaturated/α-hetero) is 1. The van der Waals surface area contributed by atoms with Crippen molar-refractivity contribution in [2.75, 3.05) is 19.6 Å². The summed E-state index contributed by atoms with van der Waals surface area (Å²) >= 11 is 0. The lowest BCUT2D eigenvalue weighted by molar-refractivity contribution is -0.159. The van der Waals surface area contributed by atoms with Crippen LogP contribution in [0.5, 0.6) is 0 Å². The van der Waals surface area contributed by atoms with E-state index in [0.717, 1.165) is 6.08 Å². The van der Waals surface area contributed by atoms with E-state index in [1.54, 1.807) is 39.8 Å². The van der Waals surface area contributed by atoms with E-state index in [4.69, 9.17) is 9.47 Å². The number of esters is 1. The molecule has 16 heteroatoms. The lowest BCUT2D eigenvalue weighted by Gasteiger charge is -2.31. The first kappa shape index (κ1) is 40.6. The number of ether oxygens (including phenoxy) is 2. The van der Waals surface area contributed by atoms with Crippen molar-refractivity contribution in [1.82, 2.24) is 19.4 Å². The van der Waals surface area contributed by atoms with Crippen molar-refractivity contribution in [3.05, 3.63) is 60.5 Å². The van der Waals surface area contributed by atoms with Crippen molar-refractivity contribution in [3.8, 4) is 0 Å². The number of likely N-dealkylation sites (tertiary alicyclic amines) is 1. The van der Waals surface area contributed by atoms with Gasteiger partial charge in [0.25, 0.3) is 0 Å². The molecular weight excluding hydrogens is 724 g/mol. The maximum absolute atomic E-state index is 14.5. The number of allylic oxidation sites excluding steroid dienone is 1. The van der Waals surface area contributed by atoms with Crippen LogP contribution in [-0.4, -0.2) is 101 Å². The normalized spacial score (nSPS) is 23.8. The second-order valence-electron chi connectivity index (χ2n) is 15.6. The number of carbonyl (C=O) groups excluding carboxylic acids is 6. The van der Waals surface area contributed by atoms with E-state index in [1.165, 1.54) is 26.8 Å². The number of sulfonamides is 1. The first-order valence-electron chi connectivity index (χ1n) is 18.2. The van der Waals surface area contributed by atoms with Gasteiger partial charge < -0.3 is 19.3 Å². The number of benzene rings is 1. The molecule has 5 atom stereocenters. The van der Waals surface area contributed by atoms with Crippen molar-refractivity contribution in [1.29, 1.82) is 0 Å². The number of likely N-dealkylation sites (N-methyl/N-ethyl adjacent to an activating group) is 1. The number of carbonyl (C=O) groups is 6. The van der Waals surface area contributed by atoms with Crippen molar-refractivity contribution in [2.24, 2.45) is 17.3 Å². The molecule has 0 bridgehead atoms. The van der Waals surface area contributed by atoms with E-state index in [-0.39, 0.29) is 45.6 Å². The molecule has 2 aliphatic heterocycles. The van der Waals surface area contributed by atoms with Crippen molar-refractivity contribution in [3.63, 3.8) is 0 Å². The Morgan fingerprint density at radius 3 is 2.41 bits per heavy atom. The Balaban J connectivity index is 1.41. The molecule has 1 N–H and O–H groups in total. The second-order valence-corrected chi connectivity index (χ2v) is 17.5. The van der Waals surface area contributed by atoms with Crippen LogP contribution in [0.1, 0.15) is 77.3 Å². The van der Waals surface area contributed by atoms with Gasteiger partial charge in [-0.1, -0.05) is 24.8 Å². The smallest absolute Gasteiger partial charge is 0.410 e. The Morgan fingerprint density at radius 2 is 1.83 bits per heavy atom. The molecule has 2 saturated carbocycles. The van der Waals surface area contributed by atoms with E-state index in [1.807, 2.05) is 0 Å². The molecule has 0 spiro atoms. The fourth-order valence-corrected chi connectivity index (χ4v) is 8.67. The molecule has 294 valence electrons. The number of rotatable bonds is 15. The van der Waals surface area contributed by atoms with Crippen LogP contribution < -0.4 is 4.72 Å². The third-order valence-electron chi connectivity index (χ3n) is 10.4. The highest BCUT2D eigenvalue weighted by atomic mass is 32.2. The van der Waals surface area contributed by atoms with E-state index >= 15 is 0 Å². The fourth-order valence-electron chi connectivity index (χ4n) is 7.29. The van der Waals surface area contributed by atoms with E-state index < -0.39 is 104 Å². The summed E-state index contributed by atoms with van der Waals surface area (Å²) in [6.07, 6.45) is 0.743. The Kier molecular flexibility index (Phi) is 11.7. The van der Waals surface area contributed by atoms with Gasteiger partial charge in [-0.3, -0.25) is 33.6 Å². The summed E-state index contributed by atoms with van der Waals surface area (Å²) in [5, 5.41) is -0.675. The van der Waals surface area contributed by atoms with Crippen LogP contribution in [0.15, 0.2) is 43.5 Å². The molecule has 2 heterocycles. The van der Waals surface area contributed by atoms with Crippen LogP contribution in [-0.2, 0) is 56.6 Å². The predicted molar refractivity (Wildman–Crippen MR) is 193 cm³/mol. The van der Waals surface area contributed by atoms with Gasteiger partial charge in [-0.05, 0) is 70.6 Å². The Hall–Kier alpha value is -4.60. The molecule has 1 saturated heterocycles. The van der Waals surface area contributed by atoms with Gasteiger partial charge in [0.2, 0.25) is 27.7 Å². The van der Waals surface area contributed by atoms with Crippen LogP contribution in [0.2, 0.25) is 0 Å². The molecular formula is C38H49FN4O10S. The second kappa shape index (κ2) is 15.6. The number of ketones is 1. The molecule has 5 rings (SSSR count). The van der Waals surface area contributed by atoms with Crippen LogP contribution >= 0.6 is 0 Å². The highest BCUT2D eigenvalue weighted by Crippen LogP contribution is 2.57. The van der Waals surface area contributed by atoms with E-state index in [0.29, 0.717) is 24.0 Å². The van der Waals surface area contributed by atoms with Crippen LogP contribution in [0.25, 0.3) is 0 Å². The minimum absolute atomic E-state index is 0.0367. The molecule has 1 unspecified atom stereocenters. The van der Waals surface area contributed by atoms with Crippen LogP contribution in [0.3, 0.4) is 0 Å². The number of hydrogen-bond donors (Lipinski definition) is 1. The summed E-state index contributed by atoms with van der Waals surface area (Å²) in [7, 11) is -3.93. The zero-order chi connectivity index (χ0) is 39.7. The first-order valence-corrected chi connectivity index (χ1v) is 19.7. The third-order valence-corrected chi connectivity index (χ3v) is 12.2. The highest BCUT2D eigenvalue weighted by Gasteiger charge is 2.61. The maximum atomic E-state index is 14.5. The van der Waals surface area contributed by atoms with Gasteiger partial charge in [-0.15, -0.1) is 6.58 Å². The monoisotopic (exact) mass is 772 g/mol. The maximum Gasteiger partial charge on any atom is 0.410 e. The minimum Gasteiger partial charge on any atom is -0.460 e. The average Bonchev–Trinajstić information content (AvgIpc) is 3.99. The third kappa shape index (κ3) is 9.01. The van der Waals surface area contributed by atoms with E-state index in [2.05, 4.69) is 17.9 Å². The first-order chi connectivity index (χ1) is 25.3. The minimum atomic E-state index is -3.93. The molecule has 0 aromatic heterocycles. The van der Waals surface area contributed by atoms with Crippen molar-refractivity contribution < 1.29 is 51.0 Å². The Morgan fingerprint density at radius 1 is 1.13 bits per heavy atom. The molecule has 4 aliphatic rings. The molecule has 2 aliphatic carbocycles. The van der Waals surface area contributed by atoms with Gasteiger partial charge in [-0.2, -0.15) is 0 Å². The summed E-state index contributed by atoms with van der Waals surface area (Å²) in [5.41, 5.74) is -1.32. The lowest BCUT2D eigenvalue weighted by atomic mass is 9.91. The van der Waals surface area contributed by atoms with Gasteiger partial charge in [0, 0.05) is 38.0 Å². The SMILES string of the molecule is C=CC(=O)N(CC)C[C@H](CC(=O)OC(C)(C)C)C(=O)N1C[C@H](OC(=O)N2Cc3cccc(F)c3C2)CC1C(=O)C[C@]1(C(=O)NS(=O)(=O)C2CC2)C[C@H]1C=C. The quantitative estimate of drug-likeness (QED) is 0.158. The predicted octanol–water partition coefficient (Wildman–Crippen LogP) is 3.39. The zero-order valence-corrected chi connectivity index (χ0v) is 32.0. The van der Waals surface area contributed by atoms with Gasteiger partial charge in [-0.25, -0.2) is 17.6 Å². The fraction of sp³-hybridized carbons (Fsp3) is 0.579. The number of nitrogens with one attached hydrogen (secondary N) is 1. The molecule has 54 heavy (non-hydrogen) atoms. The number of halogens is 1. The summed E-state index contributed by atoms with van der Waals surface area (Å²) in [6, 6.07) is 3.30. The van der Waals surface area contributed by atoms with Crippen LogP contribution in [0.4, 0.5) is 9.18 Å². The molecule has 1 aromatic rings. The molecule has 4 amide bonds. The largest absolute Gasteiger partial charge is 0.460 e. The van der Waals surface area contributed by atoms with Crippen LogP contribution in [0, 0.1) is 23.1 Å². The van der Waals surface area contributed by atoms with Crippen molar-refractivity contribution >= 4 is 45.6 Å². The molecule has 1 aromatic carbocycles. The number of hydrogen-bond acceptors (Lipinski definition) is 10. The number of nitrogens with zero attached hydrogens (tertiary/aromatic N) is 3. The summed E-state index contributed by atoms with van der Waals surface area (Å²) < 4.78 is 53.3. The topological polar surface area (TPSA) is 177 Å². The van der Waals surface area contributed by atoms with E-state index in [9.17, 15) is 41.6 Å².